The predicted octanol–water partition coefficient (Wildman–Crippen LogP) is 3.16. The van der Waals surface area contributed by atoms with E-state index in [0.717, 1.165) is 16.1 Å². The number of amides is 1. The number of carbonyl (C=O) groups is 1. The van der Waals surface area contributed by atoms with Crippen molar-refractivity contribution in [1.82, 2.24) is 10.6 Å². The molecule has 0 fully saturated rings. The number of nitriles is 1. The Hall–Kier alpha value is -3.11. The quantitative estimate of drug-likeness (QED) is 0.691. The van der Waals surface area contributed by atoms with Gasteiger partial charge in [0, 0.05) is 10.6 Å². The Bertz CT molecular complexity index is 934. The highest BCUT2D eigenvalue weighted by atomic mass is 32.2. The number of nitrogens with one attached hydrogen (secondary N) is 3. The summed E-state index contributed by atoms with van der Waals surface area (Å²) in [6, 6.07) is 17.1. The third kappa shape index (κ3) is 4.01. The van der Waals surface area contributed by atoms with Gasteiger partial charge >= 0.3 is 0 Å². The van der Waals surface area contributed by atoms with Gasteiger partial charge in [-0.15, -0.1) is 11.8 Å². The number of benzene rings is 2. The molecule has 1 atom stereocenters. The van der Waals surface area contributed by atoms with Gasteiger partial charge in [-0.3, -0.25) is 4.79 Å². The number of nitrogens with zero attached hydrogens (tertiary/aromatic N) is 1. The molecule has 1 amide bonds. The van der Waals surface area contributed by atoms with E-state index in [4.69, 9.17) is 4.74 Å². The van der Waals surface area contributed by atoms with Gasteiger partial charge in [0.15, 0.2) is 5.79 Å². The first-order valence-corrected chi connectivity index (χ1v) is 9.52. The lowest BCUT2D eigenvalue weighted by Crippen LogP contribution is -2.64. The lowest BCUT2D eigenvalue weighted by molar-refractivity contribution is -0.119. The van der Waals surface area contributed by atoms with Gasteiger partial charge in [-0.25, -0.2) is 0 Å². The highest BCUT2D eigenvalue weighted by Crippen LogP contribution is 2.27. The lowest BCUT2D eigenvalue weighted by atomic mass is 10.0. The zero-order valence-electron chi connectivity index (χ0n) is 15.3. The van der Waals surface area contributed by atoms with Crippen molar-refractivity contribution >= 4 is 29.1 Å². The van der Waals surface area contributed by atoms with Crippen molar-refractivity contribution in [1.29, 1.82) is 5.26 Å². The second-order valence-electron chi connectivity index (χ2n) is 6.15. The van der Waals surface area contributed by atoms with Crippen LogP contribution in [0.4, 0.5) is 5.69 Å². The predicted molar refractivity (Wildman–Crippen MR) is 107 cm³/mol. The summed E-state index contributed by atoms with van der Waals surface area (Å²) >= 11 is 1.64. The summed E-state index contributed by atoms with van der Waals surface area (Å²) in [6.07, 6.45) is 2.01. The molecule has 138 valence electrons. The van der Waals surface area contributed by atoms with Gasteiger partial charge in [0.2, 0.25) is 0 Å². The maximum atomic E-state index is 12.6. The standard InChI is InChI=1S/C20H20N4O2S/c1-20(22-14-5-4-6-16(11-14)27-3)23-18(17(12-21)19(25)24-20)13-7-9-15(26-2)10-8-13/h4-11,22-23H,1-3H3,(H,24,25). The molecule has 27 heavy (non-hydrogen) atoms. The molecule has 0 saturated heterocycles. The van der Waals surface area contributed by atoms with Gasteiger partial charge in [-0.05, 0) is 61.2 Å². The van der Waals surface area contributed by atoms with Crippen molar-refractivity contribution in [2.24, 2.45) is 0 Å². The van der Waals surface area contributed by atoms with Crippen molar-refractivity contribution in [3.05, 3.63) is 59.7 Å². The second-order valence-corrected chi connectivity index (χ2v) is 7.03. The van der Waals surface area contributed by atoms with Crippen molar-refractivity contribution in [3.8, 4) is 11.8 Å². The average molecular weight is 380 g/mol. The van der Waals surface area contributed by atoms with Gasteiger partial charge < -0.3 is 20.7 Å². The lowest BCUT2D eigenvalue weighted by Gasteiger charge is -2.39. The van der Waals surface area contributed by atoms with E-state index in [1.807, 2.05) is 55.6 Å². The minimum absolute atomic E-state index is 0.0392. The van der Waals surface area contributed by atoms with E-state index < -0.39 is 11.7 Å². The molecule has 6 nitrogen and oxygen atoms in total. The number of rotatable bonds is 5. The minimum atomic E-state index is -0.955. The maximum absolute atomic E-state index is 12.6. The van der Waals surface area contributed by atoms with Crippen LogP contribution in [0.15, 0.2) is 59.0 Å². The molecule has 0 bridgehead atoms. The van der Waals surface area contributed by atoms with Crippen molar-refractivity contribution < 1.29 is 9.53 Å². The summed E-state index contributed by atoms with van der Waals surface area (Å²) in [5.41, 5.74) is 2.09. The Morgan fingerprint density at radius 1 is 1.19 bits per heavy atom. The summed E-state index contributed by atoms with van der Waals surface area (Å²) in [6.45, 7) is 1.81. The summed E-state index contributed by atoms with van der Waals surface area (Å²) < 4.78 is 5.18. The van der Waals surface area contributed by atoms with Crippen LogP contribution in [-0.4, -0.2) is 25.1 Å². The molecule has 0 saturated carbocycles. The Balaban J connectivity index is 1.94. The largest absolute Gasteiger partial charge is 0.497 e. The van der Waals surface area contributed by atoms with Crippen LogP contribution in [0.25, 0.3) is 5.70 Å². The SMILES string of the molecule is COc1ccc(C2=C(C#N)C(=O)NC(C)(Nc3cccc(SC)c3)N2)cc1. The van der Waals surface area contributed by atoms with Gasteiger partial charge in [0.25, 0.3) is 5.91 Å². The molecule has 1 unspecified atom stereocenters. The van der Waals surface area contributed by atoms with Gasteiger partial charge in [0.05, 0.1) is 12.8 Å². The van der Waals surface area contributed by atoms with E-state index in [2.05, 4.69) is 16.0 Å². The van der Waals surface area contributed by atoms with Crippen molar-refractivity contribution in [3.63, 3.8) is 0 Å². The number of thioether (sulfide) groups is 1. The Kier molecular flexibility index (Phi) is 5.28. The monoisotopic (exact) mass is 380 g/mol. The van der Waals surface area contributed by atoms with Gasteiger partial charge in [-0.2, -0.15) is 5.26 Å². The fourth-order valence-electron chi connectivity index (χ4n) is 2.88. The van der Waals surface area contributed by atoms with Crippen molar-refractivity contribution in [2.75, 3.05) is 18.7 Å². The molecule has 0 radical (unpaired) electrons. The van der Waals surface area contributed by atoms with E-state index >= 15 is 0 Å². The summed E-state index contributed by atoms with van der Waals surface area (Å²) in [5.74, 6) is -0.685. The fraction of sp³-hybridized carbons (Fsp3) is 0.200. The Labute approximate surface area is 162 Å². The maximum Gasteiger partial charge on any atom is 0.267 e. The number of ether oxygens (including phenoxy) is 1. The Morgan fingerprint density at radius 2 is 1.93 bits per heavy atom. The van der Waals surface area contributed by atoms with Gasteiger partial charge in [0.1, 0.15) is 17.4 Å². The number of anilines is 1. The zero-order chi connectivity index (χ0) is 19.4. The first-order chi connectivity index (χ1) is 13.0. The number of hydrogen-bond acceptors (Lipinski definition) is 6. The smallest absolute Gasteiger partial charge is 0.267 e. The number of methoxy groups -OCH3 is 1. The van der Waals surface area contributed by atoms with Crippen LogP contribution in [-0.2, 0) is 4.79 Å². The molecule has 3 N–H and O–H groups in total. The highest BCUT2D eigenvalue weighted by molar-refractivity contribution is 7.98. The normalized spacial score (nSPS) is 19.0. The zero-order valence-corrected chi connectivity index (χ0v) is 16.1. The highest BCUT2D eigenvalue weighted by Gasteiger charge is 2.35. The topological polar surface area (TPSA) is 86.2 Å². The second kappa shape index (κ2) is 7.64. The van der Waals surface area contributed by atoms with Crippen LogP contribution in [0.5, 0.6) is 5.75 Å². The third-order valence-corrected chi connectivity index (χ3v) is 4.90. The molecule has 0 spiro atoms. The molecular formula is C20H20N4O2S. The number of hydrogen-bond donors (Lipinski definition) is 3. The average Bonchev–Trinajstić information content (AvgIpc) is 2.67. The molecule has 2 aromatic carbocycles. The first-order valence-electron chi connectivity index (χ1n) is 8.30. The molecular weight excluding hydrogens is 360 g/mol. The molecule has 2 aromatic rings. The molecule has 0 aromatic heterocycles. The van der Waals surface area contributed by atoms with E-state index in [1.165, 1.54) is 0 Å². The third-order valence-electron chi connectivity index (χ3n) is 4.17. The van der Waals surface area contributed by atoms with Crippen LogP contribution < -0.4 is 20.7 Å². The van der Waals surface area contributed by atoms with E-state index in [0.29, 0.717) is 11.4 Å². The van der Waals surface area contributed by atoms with Gasteiger partial charge in [-0.1, -0.05) is 6.07 Å². The van der Waals surface area contributed by atoms with Crippen LogP contribution >= 0.6 is 11.8 Å². The number of carbonyl (C=O) groups excluding carboxylic acids is 1. The van der Waals surface area contributed by atoms with Crippen LogP contribution in [0.2, 0.25) is 0 Å². The fourth-order valence-corrected chi connectivity index (χ4v) is 3.34. The minimum Gasteiger partial charge on any atom is -0.497 e. The molecule has 1 aliphatic heterocycles. The summed E-state index contributed by atoms with van der Waals surface area (Å²) in [5, 5.41) is 18.9. The molecule has 7 heteroatoms. The molecule has 3 rings (SSSR count). The molecule has 1 heterocycles. The molecule has 1 aliphatic rings. The Morgan fingerprint density at radius 3 is 2.56 bits per heavy atom. The molecule has 0 aliphatic carbocycles. The first kappa shape index (κ1) is 18.7. The van der Waals surface area contributed by atoms with E-state index in [-0.39, 0.29) is 5.57 Å². The van der Waals surface area contributed by atoms with Crippen LogP contribution in [0, 0.1) is 11.3 Å². The van der Waals surface area contributed by atoms with Crippen LogP contribution in [0.3, 0.4) is 0 Å². The van der Waals surface area contributed by atoms with Crippen LogP contribution in [0.1, 0.15) is 12.5 Å². The summed E-state index contributed by atoms with van der Waals surface area (Å²) in [7, 11) is 1.59. The summed E-state index contributed by atoms with van der Waals surface area (Å²) in [4.78, 5) is 13.7. The van der Waals surface area contributed by atoms with E-state index in [9.17, 15) is 10.1 Å². The van der Waals surface area contributed by atoms with Crippen molar-refractivity contribution in [2.45, 2.75) is 17.6 Å². The van der Waals surface area contributed by atoms with E-state index in [1.54, 1.807) is 31.0 Å².